The molecule has 0 atom stereocenters. The zero-order valence-corrected chi connectivity index (χ0v) is 9.96. The molecule has 0 fully saturated rings. The molecule has 0 aliphatic heterocycles. The van der Waals surface area contributed by atoms with E-state index in [0.29, 0.717) is 28.8 Å². The number of aromatic nitrogens is 3. The summed E-state index contributed by atoms with van der Waals surface area (Å²) in [6.07, 6.45) is 0.280. The summed E-state index contributed by atoms with van der Waals surface area (Å²) < 4.78 is 18.4. The lowest BCUT2D eigenvalue weighted by molar-refractivity contribution is 0.178. The molecule has 0 bridgehead atoms. The molecule has 0 radical (unpaired) electrons. The third kappa shape index (κ3) is 2.81. The molecule has 17 heavy (non-hydrogen) atoms. The van der Waals surface area contributed by atoms with Crippen molar-refractivity contribution in [2.45, 2.75) is 13.0 Å². The van der Waals surface area contributed by atoms with Gasteiger partial charge in [0.25, 0.3) is 0 Å². The average molecular weight is 256 g/mol. The van der Waals surface area contributed by atoms with Crippen LogP contribution in [-0.2, 0) is 17.8 Å². The molecule has 0 aliphatic rings. The molecule has 2 aromatic rings. The molecule has 2 rings (SSSR count). The molecule has 0 amide bonds. The summed E-state index contributed by atoms with van der Waals surface area (Å²) in [5.74, 6) is 0.751. The van der Waals surface area contributed by atoms with Gasteiger partial charge in [-0.05, 0) is 12.1 Å². The summed E-state index contributed by atoms with van der Waals surface area (Å²) in [4.78, 5) is 4.16. The average Bonchev–Trinajstić information content (AvgIpc) is 2.72. The summed E-state index contributed by atoms with van der Waals surface area (Å²) in [6.45, 7) is 0.321. The molecule has 1 aromatic heterocycles. The van der Waals surface area contributed by atoms with Gasteiger partial charge in [0, 0.05) is 24.1 Å². The Balaban J connectivity index is 2.19. The van der Waals surface area contributed by atoms with Crippen molar-refractivity contribution in [3.63, 3.8) is 0 Å². The van der Waals surface area contributed by atoms with E-state index in [1.54, 1.807) is 19.2 Å². The maximum atomic E-state index is 13.5. The van der Waals surface area contributed by atoms with Gasteiger partial charge in [0.05, 0.1) is 0 Å². The Hall–Kier alpha value is -1.46. The Labute approximate surface area is 103 Å². The van der Waals surface area contributed by atoms with Crippen LogP contribution >= 0.6 is 11.6 Å². The lowest BCUT2D eigenvalue weighted by Gasteiger charge is -2.02. The third-order valence-electron chi connectivity index (χ3n) is 2.26. The number of nitrogens with zero attached hydrogens (tertiary/aromatic N) is 2. The van der Waals surface area contributed by atoms with Crippen molar-refractivity contribution in [2.75, 3.05) is 7.11 Å². The summed E-state index contributed by atoms with van der Waals surface area (Å²) >= 11 is 5.92. The minimum Gasteiger partial charge on any atom is -0.377 e. The number of rotatable bonds is 4. The summed E-state index contributed by atoms with van der Waals surface area (Å²) in [5.41, 5.74) is 0.411. The standard InChI is InChI=1S/C11H11ClFN3O/c1-17-6-11-14-10(15-16-11)5-7-8(12)3-2-4-9(7)13/h2-4H,5-6H2,1H3,(H,14,15,16). The second kappa shape index (κ2) is 5.25. The Morgan fingerprint density at radius 2 is 2.29 bits per heavy atom. The smallest absolute Gasteiger partial charge is 0.176 e. The first kappa shape index (κ1) is 12.0. The lowest BCUT2D eigenvalue weighted by Crippen LogP contribution is -1.96. The molecular formula is C11H11ClFN3O. The van der Waals surface area contributed by atoms with Gasteiger partial charge in [-0.1, -0.05) is 17.7 Å². The van der Waals surface area contributed by atoms with E-state index < -0.39 is 0 Å². The highest BCUT2D eigenvalue weighted by Gasteiger charge is 2.10. The number of ether oxygens (including phenoxy) is 1. The predicted octanol–water partition coefficient (Wildman–Crippen LogP) is 2.33. The van der Waals surface area contributed by atoms with Gasteiger partial charge in [-0.15, -0.1) is 0 Å². The first-order chi connectivity index (χ1) is 8.20. The fourth-order valence-electron chi connectivity index (χ4n) is 1.48. The highest BCUT2D eigenvalue weighted by molar-refractivity contribution is 6.31. The number of aromatic amines is 1. The van der Waals surface area contributed by atoms with E-state index in [2.05, 4.69) is 15.2 Å². The van der Waals surface area contributed by atoms with Crippen LogP contribution in [0.5, 0.6) is 0 Å². The van der Waals surface area contributed by atoms with E-state index >= 15 is 0 Å². The van der Waals surface area contributed by atoms with Crippen LogP contribution in [0.25, 0.3) is 0 Å². The van der Waals surface area contributed by atoms with Crippen molar-refractivity contribution in [3.8, 4) is 0 Å². The molecule has 0 saturated heterocycles. The maximum absolute atomic E-state index is 13.5. The van der Waals surface area contributed by atoms with Gasteiger partial charge in [-0.3, -0.25) is 5.10 Å². The maximum Gasteiger partial charge on any atom is 0.176 e. The third-order valence-corrected chi connectivity index (χ3v) is 2.61. The monoisotopic (exact) mass is 255 g/mol. The Kier molecular flexibility index (Phi) is 3.71. The number of halogens is 2. The van der Waals surface area contributed by atoms with Crippen LogP contribution in [0.4, 0.5) is 4.39 Å². The predicted molar refractivity (Wildman–Crippen MR) is 61.3 cm³/mol. The van der Waals surface area contributed by atoms with Crippen molar-refractivity contribution in [1.82, 2.24) is 15.2 Å². The molecule has 4 nitrogen and oxygen atoms in total. The molecule has 1 N–H and O–H groups in total. The first-order valence-electron chi connectivity index (χ1n) is 5.02. The largest absolute Gasteiger partial charge is 0.377 e. The molecule has 0 spiro atoms. The van der Waals surface area contributed by atoms with Gasteiger partial charge in [0.2, 0.25) is 0 Å². The van der Waals surface area contributed by atoms with E-state index in [0.717, 1.165) is 0 Å². The first-order valence-corrected chi connectivity index (χ1v) is 5.40. The van der Waals surface area contributed by atoms with Gasteiger partial charge >= 0.3 is 0 Å². The number of methoxy groups -OCH3 is 1. The Morgan fingerprint density at radius 1 is 1.47 bits per heavy atom. The van der Waals surface area contributed by atoms with Crippen molar-refractivity contribution in [2.24, 2.45) is 0 Å². The van der Waals surface area contributed by atoms with Crippen LogP contribution in [-0.4, -0.2) is 22.3 Å². The lowest BCUT2D eigenvalue weighted by atomic mass is 10.1. The minimum absolute atomic E-state index is 0.280. The Bertz CT molecular complexity index is 495. The topological polar surface area (TPSA) is 50.8 Å². The highest BCUT2D eigenvalue weighted by Crippen LogP contribution is 2.20. The summed E-state index contributed by atoms with van der Waals surface area (Å²) in [5, 5.41) is 7.05. The van der Waals surface area contributed by atoms with Crippen molar-refractivity contribution < 1.29 is 9.13 Å². The van der Waals surface area contributed by atoms with Crippen LogP contribution in [0, 0.1) is 5.82 Å². The second-order valence-electron chi connectivity index (χ2n) is 3.51. The van der Waals surface area contributed by atoms with Crippen LogP contribution in [0.2, 0.25) is 5.02 Å². The van der Waals surface area contributed by atoms with Gasteiger partial charge in [-0.2, -0.15) is 5.10 Å². The molecule has 1 heterocycles. The second-order valence-corrected chi connectivity index (χ2v) is 3.92. The fraction of sp³-hybridized carbons (Fsp3) is 0.273. The van der Waals surface area contributed by atoms with E-state index in [1.165, 1.54) is 6.07 Å². The SMILES string of the molecule is COCc1n[nH]c(Cc2c(F)cccc2Cl)n1. The van der Waals surface area contributed by atoms with Crippen LogP contribution < -0.4 is 0 Å². The van der Waals surface area contributed by atoms with Gasteiger partial charge in [0.15, 0.2) is 5.82 Å². The van der Waals surface area contributed by atoms with Gasteiger partial charge in [0.1, 0.15) is 18.2 Å². The fourth-order valence-corrected chi connectivity index (χ4v) is 1.71. The van der Waals surface area contributed by atoms with Crippen LogP contribution in [0.3, 0.4) is 0 Å². The zero-order valence-electron chi connectivity index (χ0n) is 9.20. The highest BCUT2D eigenvalue weighted by atomic mass is 35.5. The molecule has 6 heteroatoms. The zero-order chi connectivity index (χ0) is 12.3. The van der Waals surface area contributed by atoms with Gasteiger partial charge < -0.3 is 4.74 Å². The van der Waals surface area contributed by atoms with Crippen molar-refractivity contribution in [3.05, 3.63) is 46.3 Å². The van der Waals surface area contributed by atoms with Crippen LogP contribution in [0.15, 0.2) is 18.2 Å². The summed E-state index contributed by atoms with van der Waals surface area (Å²) in [6, 6.07) is 4.58. The molecule has 0 saturated carbocycles. The molecule has 0 unspecified atom stereocenters. The number of hydrogen-bond acceptors (Lipinski definition) is 3. The quantitative estimate of drug-likeness (QED) is 0.912. The minimum atomic E-state index is -0.345. The molecule has 1 aromatic carbocycles. The van der Waals surface area contributed by atoms with E-state index in [1.807, 2.05) is 0 Å². The molecular weight excluding hydrogens is 245 g/mol. The Morgan fingerprint density at radius 3 is 3.00 bits per heavy atom. The number of H-pyrrole nitrogens is 1. The van der Waals surface area contributed by atoms with Crippen molar-refractivity contribution >= 4 is 11.6 Å². The summed E-state index contributed by atoms with van der Waals surface area (Å²) in [7, 11) is 1.56. The number of benzene rings is 1. The molecule has 0 aliphatic carbocycles. The van der Waals surface area contributed by atoms with Crippen molar-refractivity contribution in [1.29, 1.82) is 0 Å². The number of hydrogen-bond donors (Lipinski definition) is 1. The van der Waals surface area contributed by atoms with E-state index in [-0.39, 0.29) is 12.2 Å². The normalized spacial score (nSPS) is 10.8. The van der Waals surface area contributed by atoms with Crippen LogP contribution in [0.1, 0.15) is 17.2 Å². The van der Waals surface area contributed by atoms with E-state index in [9.17, 15) is 4.39 Å². The number of nitrogens with one attached hydrogen (secondary N) is 1. The van der Waals surface area contributed by atoms with E-state index in [4.69, 9.17) is 16.3 Å². The van der Waals surface area contributed by atoms with Gasteiger partial charge in [-0.25, -0.2) is 9.37 Å². The molecule has 90 valence electrons.